The van der Waals surface area contributed by atoms with Crippen molar-refractivity contribution in [1.82, 2.24) is 0 Å². The highest BCUT2D eigenvalue weighted by molar-refractivity contribution is 7.92. The maximum absolute atomic E-state index is 13.1. The SMILES string of the molecule is O=C(Nc1ccccc1NS(=O)(=O)c1ccc(F)cc1)c1cc2ccccc2o1. The van der Waals surface area contributed by atoms with E-state index < -0.39 is 21.7 Å². The summed E-state index contributed by atoms with van der Waals surface area (Å²) in [6.45, 7) is 0. The maximum atomic E-state index is 13.1. The molecule has 0 saturated heterocycles. The molecular weight excluding hydrogens is 395 g/mol. The topological polar surface area (TPSA) is 88.4 Å². The van der Waals surface area contributed by atoms with Gasteiger partial charge in [0.15, 0.2) is 5.76 Å². The van der Waals surface area contributed by atoms with Gasteiger partial charge >= 0.3 is 0 Å². The Morgan fingerprint density at radius 2 is 1.52 bits per heavy atom. The van der Waals surface area contributed by atoms with Crippen LogP contribution in [-0.2, 0) is 10.0 Å². The van der Waals surface area contributed by atoms with Crippen LogP contribution in [0.5, 0.6) is 0 Å². The molecule has 0 atom stereocenters. The van der Waals surface area contributed by atoms with E-state index in [4.69, 9.17) is 4.42 Å². The molecule has 0 radical (unpaired) electrons. The minimum Gasteiger partial charge on any atom is -0.451 e. The van der Waals surface area contributed by atoms with E-state index >= 15 is 0 Å². The van der Waals surface area contributed by atoms with Crippen molar-refractivity contribution in [2.75, 3.05) is 10.0 Å². The molecule has 0 aliphatic rings. The summed E-state index contributed by atoms with van der Waals surface area (Å²) in [6, 6.07) is 19.6. The molecule has 146 valence electrons. The van der Waals surface area contributed by atoms with Gasteiger partial charge in [-0.15, -0.1) is 0 Å². The molecule has 6 nitrogen and oxygen atoms in total. The van der Waals surface area contributed by atoms with Crippen LogP contribution in [0.25, 0.3) is 11.0 Å². The van der Waals surface area contributed by atoms with Gasteiger partial charge in [0.05, 0.1) is 16.3 Å². The number of carbonyl (C=O) groups excluding carboxylic acids is 1. The molecule has 0 unspecified atom stereocenters. The van der Waals surface area contributed by atoms with Crippen molar-refractivity contribution in [2.24, 2.45) is 0 Å². The Labute approximate surface area is 166 Å². The fourth-order valence-corrected chi connectivity index (χ4v) is 3.86. The largest absolute Gasteiger partial charge is 0.451 e. The molecule has 0 aliphatic heterocycles. The number of halogens is 1. The molecule has 3 aromatic carbocycles. The summed E-state index contributed by atoms with van der Waals surface area (Å²) in [7, 11) is -3.96. The average molecular weight is 410 g/mol. The molecule has 0 spiro atoms. The Balaban J connectivity index is 1.59. The molecule has 4 rings (SSSR count). The first-order chi connectivity index (χ1) is 13.9. The van der Waals surface area contributed by atoms with E-state index in [2.05, 4.69) is 10.0 Å². The Morgan fingerprint density at radius 1 is 0.862 bits per heavy atom. The summed E-state index contributed by atoms with van der Waals surface area (Å²) in [5.41, 5.74) is 0.993. The highest BCUT2D eigenvalue weighted by Crippen LogP contribution is 2.26. The molecule has 8 heteroatoms. The van der Waals surface area contributed by atoms with Crippen molar-refractivity contribution in [3.05, 3.63) is 90.4 Å². The number of para-hydroxylation sites is 3. The minimum atomic E-state index is -3.96. The number of furan rings is 1. The fourth-order valence-electron chi connectivity index (χ4n) is 2.78. The molecule has 1 amide bonds. The summed E-state index contributed by atoms with van der Waals surface area (Å²) in [5.74, 6) is -0.959. The summed E-state index contributed by atoms with van der Waals surface area (Å²) in [6.07, 6.45) is 0. The maximum Gasteiger partial charge on any atom is 0.291 e. The van der Waals surface area contributed by atoms with Crippen molar-refractivity contribution < 1.29 is 22.0 Å². The second-order valence-electron chi connectivity index (χ2n) is 6.21. The van der Waals surface area contributed by atoms with Gasteiger partial charge in [-0.3, -0.25) is 9.52 Å². The molecule has 0 saturated carbocycles. The molecule has 29 heavy (non-hydrogen) atoms. The smallest absolute Gasteiger partial charge is 0.291 e. The van der Waals surface area contributed by atoms with Gasteiger partial charge in [0.25, 0.3) is 15.9 Å². The number of rotatable bonds is 5. The number of amides is 1. The van der Waals surface area contributed by atoms with Crippen molar-refractivity contribution in [1.29, 1.82) is 0 Å². The van der Waals surface area contributed by atoms with E-state index in [9.17, 15) is 17.6 Å². The van der Waals surface area contributed by atoms with Crippen LogP contribution in [0.1, 0.15) is 10.6 Å². The van der Waals surface area contributed by atoms with Crippen LogP contribution >= 0.6 is 0 Å². The number of sulfonamides is 1. The van der Waals surface area contributed by atoms with Gasteiger partial charge in [-0.05, 0) is 48.5 Å². The number of fused-ring (bicyclic) bond motifs is 1. The summed E-state index contributed by atoms with van der Waals surface area (Å²) in [4.78, 5) is 12.5. The highest BCUT2D eigenvalue weighted by Gasteiger charge is 2.18. The molecule has 0 fully saturated rings. The van der Waals surface area contributed by atoms with Crippen molar-refractivity contribution in [3.63, 3.8) is 0 Å². The predicted molar refractivity (Wildman–Crippen MR) is 108 cm³/mol. The first kappa shape index (κ1) is 18.7. The molecular formula is C21H15FN2O4S. The van der Waals surface area contributed by atoms with Crippen LogP contribution in [0, 0.1) is 5.82 Å². The van der Waals surface area contributed by atoms with Crippen molar-refractivity contribution in [3.8, 4) is 0 Å². The monoisotopic (exact) mass is 410 g/mol. The van der Waals surface area contributed by atoms with Crippen LogP contribution in [-0.4, -0.2) is 14.3 Å². The lowest BCUT2D eigenvalue weighted by atomic mass is 10.2. The Bertz CT molecular complexity index is 1260. The van der Waals surface area contributed by atoms with Crippen LogP contribution in [0.3, 0.4) is 0 Å². The third-order valence-electron chi connectivity index (χ3n) is 4.19. The third kappa shape index (κ3) is 3.97. The molecule has 1 aromatic heterocycles. The quantitative estimate of drug-likeness (QED) is 0.502. The average Bonchev–Trinajstić information content (AvgIpc) is 3.14. The number of anilines is 2. The van der Waals surface area contributed by atoms with Gasteiger partial charge in [0.1, 0.15) is 11.4 Å². The summed E-state index contributed by atoms with van der Waals surface area (Å²) < 4.78 is 46.2. The fraction of sp³-hybridized carbons (Fsp3) is 0. The van der Waals surface area contributed by atoms with Crippen molar-refractivity contribution >= 4 is 38.3 Å². The van der Waals surface area contributed by atoms with Gasteiger partial charge in [-0.2, -0.15) is 0 Å². The van der Waals surface area contributed by atoms with Gasteiger partial charge in [-0.25, -0.2) is 12.8 Å². The normalized spacial score (nSPS) is 11.3. The molecule has 0 aliphatic carbocycles. The third-order valence-corrected chi connectivity index (χ3v) is 5.57. The number of carbonyl (C=O) groups is 1. The van der Waals surface area contributed by atoms with Gasteiger partial charge in [0.2, 0.25) is 0 Å². The number of hydrogen-bond acceptors (Lipinski definition) is 4. The van der Waals surface area contributed by atoms with Crippen LogP contribution in [0.2, 0.25) is 0 Å². The lowest BCUT2D eigenvalue weighted by molar-refractivity contribution is 0.0998. The van der Waals surface area contributed by atoms with Crippen molar-refractivity contribution in [2.45, 2.75) is 4.90 Å². The zero-order chi connectivity index (χ0) is 20.4. The summed E-state index contributed by atoms with van der Waals surface area (Å²) in [5, 5.41) is 3.43. The Hall–Kier alpha value is -3.65. The lowest BCUT2D eigenvalue weighted by Gasteiger charge is -2.13. The highest BCUT2D eigenvalue weighted by atomic mass is 32.2. The van der Waals surface area contributed by atoms with E-state index in [0.29, 0.717) is 5.58 Å². The number of benzene rings is 3. The standard InChI is InChI=1S/C21H15FN2O4S/c22-15-9-11-16(12-10-15)29(26,27)24-18-7-3-2-6-17(18)23-21(25)20-13-14-5-1-4-8-19(14)28-20/h1-13,24H,(H,23,25). The van der Waals surface area contributed by atoms with Gasteiger partial charge in [-0.1, -0.05) is 30.3 Å². The molecule has 1 heterocycles. The zero-order valence-corrected chi connectivity index (χ0v) is 15.7. The second kappa shape index (κ2) is 7.40. The van der Waals surface area contributed by atoms with E-state index in [1.54, 1.807) is 36.4 Å². The van der Waals surface area contributed by atoms with E-state index in [1.165, 1.54) is 6.07 Å². The Kier molecular flexibility index (Phi) is 4.77. The van der Waals surface area contributed by atoms with Gasteiger partial charge in [0, 0.05) is 5.39 Å². The first-order valence-corrected chi connectivity index (χ1v) is 10.1. The zero-order valence-electron chi connectivity index (χ0n) is 14.9. The molecule has 2 N–H and O–H groups in total. The predicted octanol–water partition coefficient (Wildman–Crippen LogP) is 4.63. The first-order valence-electron chi connectivity index (χ1n) is 8.60. The number of nitrogens with one attached hydrogen (secondary N) is 2. The van der Waals surface area contributed by atoms with Gasteiger partial charge < -0.3 is 9.73 Å². The van der Waals surface area contributed by atoms with Crippen LogP contribution in [0.15, 0.2) is 88.2 Å². The lowest BCUT2D eigenvalue weighted by Crippen LogP contribution is -2.17. The van der Waals surface area contributed by atoms with Crippen LogP contribution in [0.4, 0.5) is 15.8 Å². The second-order valence-corrected chi connectivity index (χ2v) is 7.89. The molecule has 0 bridgehead atoms. The minimum absolute atomic E-state index is 0.0994. The Morgan fingerprint density at radius 3 is 2.24 bits per heavy atom. The van der Waals surface area contributed by atoms with E-state index in [0.717, 1.165) is 29.7 Å². The molecule has 4 aromatic rings. The summed E-state index contributed by atoms with van der Waals surface area (Å²) >= 11 is 0. The van der Waals surface area contributed by atoms with E-state index in [1.807, 2.05) is 12.1 Å². The number of hydrogen-bond donors (Lipinski definition) is 2. The van der Waals surface area contributed by atoms with Crippen LogP contribution < -0.4 is 10.0 Å². The van der Waals surface area contributed by atoms with E-state index in [-0.39, 0.29) is 22.0 Å².